The fourth-order valence-corrected chi connectivity index (χ4v) is 2.70. The van der Waals surface area contributed by atoms with Gasteiger partial charge in [-0.3, -0.25) is 5.43 Å². The number of para-hydroxylation sites is 1. The molecular formula is C17H21N5OS. The molecule has 2 rings (SSSR count). The standard InChI is InChI=1S/C17H21N5OS/c1-13(12-23-2)20-17(24)21-19-10-14-11-22(9-5-8-18)16-7-4-3-6-15(14)16/h3-4,6-7,10-11,13H,5,9,12H2,1-2H3,(H2,20,21,24)/b19-10-/t13-/m1/s1. The second kappa shape index (κ2) is 9.01. The fraction of sp³-hybridized carbons (Fsp3) is 0.353. The van der Waals surface area contributed by atoms with Crippen LogP contribution in [0.15, 0.2) is 35.6 Å². The van der Waals surface area contributed by atoms with Gasteiger partial charge >= 0.3 is 0 Å². The summed E-state index contributed by atoms with van der Waals surface area (Å²) in [6.07, 6.45) is 4.20. The molecule has 0 radical (unpaired) electrons. The second-order valence-electron chi connectivity index (χ2n) is 5.40. The number of hydrazone groups is 1. The molecule has 7 heteroatoms. The van der Waals surface area contributed by atoms with Crippen molar-refractivity contribution in [2.75, 3.05) is 13.7 Å². The van der Waals surface area contributed by atoms with Crippen molar-refractivity contribution in [3.05, 3.63) is 36.0 Å². The molecule has 126 valence electrons. The third-order valence-electron chi connectivity index (χ3n) is 3.45. The molecule has 0 saturated heterocycles. The third kappa shape index (κ3) is 4.78. The van der Waals surface area contributed by atoms with Crippen LogP contribution in [0.1, 0.15) is 18.9 Å². The van der Waals surface area contributed by atoms with Gasteiger partial charge in [-0.1, -0.05) is 18.2 Å². The normalized spacial score (nSPS) is 12.2. The molecule has 0 amide bonds. The summed E-state index contributed by atoms with van der Waals surface area (Å²) in [5.41, 5.74) is 4.87. The van der Waals surface area contributed by atoms with Crippen LogP contribution in [0.3, 0.4) is 0 Å². The second-order valence-corrected chi connectivity index (χ2v) is 5.81. The Bertz CT molecular complexity index is 762. The summed E-state index contributed by atoms with van der Waals surface area (Å²) >= 11 is 5.19. The summed E-state index contributed by atoms with van der Waals surface area (Å²) in [6, 6.07) is 10.3. The maximum absolute atomic E-state index is 8.79. The first-order valence-electron chi connectivity index (χ1n) is 7.69. The van der Waals surface area contributed by atoms with Crippen LogP contribution in [0, 0.1) is 11.3 Å². The Morgan fingerprint density at radius 2 is 2.29 bits per heavy atom. The van der Waals surface area contributed by atoms with E-state index in [1.54, 1.807) is 13.3 Å². The largest absolute Gasteiger partial charge is 0.383 e. The Morgan fingerprint density at radius 3 is 3.04 bits per heavy atom. The van der Waals surface area contributed by atoms with E-state index in [2.05, 4.69) is 26.5 Å². The lowest BCUT2D eigenvalue weighted by Crippen LogP contribution is -2.40. The molecule has 1 heterocycles. The van der Waals surface area contributed by atoms with Gasteiger partial charge in [-0.15, -0.1) is 0 Å². The highest BCUT2D eigenvalue weighted by Gasteiger charge is 2.06. The van der Waals surface area contributed by atoms with Gasteiger partial charge < -0.3 is 14.6 Å². The van der Waals surface area contributed by atoms with Crippen LogP contribution < -0.4 is 10.7 Å². The van der Waals surface area contributed by atoms with Crippen molar-refractivity contribution in [2.24, 2.45) is 5.10 Å². The van der Waals surface area contributed by atoms with E-state index in [1.807, 2.05) is 37.4 Å². The molecule has 0 aliphatic carbocycles. The van der Waals surface area contributed by atoms with Gasteiger partial charge in [0.1, 0.15) is 0 Å². The van der Waals surface area contributed by atoms with Crippen molar-refractivity contribution in [2.45, 2.75) is 25.9 Å². The Kier molecular flexibility index (Phi) is 6.73. The highest BCUT2D eigenvalue weighted by Crippen LogP contribution is 2.20. The van der Waals surface area contributed by atoms with E-state index in [4.69, 9.17) is 22.2 Å². The first-order chi connectivity index (χ1) is 11.7. The minimum atomic E-state index is 0.109. The van der Waals surface area contributed by atoms with Gasteiger partial charge in [0.05, 0.1) is 25.3 Å². The number of aromatic nitrogens is 1. The molecule has 0 fully saturated rings. The van der Waals surface area contributed by atoms with Crippen LogP contribution in [0.4, 0.5) is 0 Å². The van der Waals surface area contributed by atoms with Gasteiger partial charge in [0.25, 0.3) is 0 Å². The topological polar surface area (TPSA) is 74.4 Å². The van der Waals surface area contributed by atoms with Gasteiger partial charge in [0.2, 0.25) is 0 Å². The number of nitriles is 1. The number of nitrogens with one attached hydrogen (secondary N) is 2. The van der Waals surface area contributed by atoms with E-state index in [0.717, 1.165) is 16.5 Å². The summed E-state index contributed by atoms with van der Waals surface area (Å²) in [5.74, 6) is 0. The van der Waals surface area contributed by atoms with E-state index in [0.29, 0.717) is 24.7 Å². The number of thiocarbonyl (C=S) groups is 1. The maximum atomic E-state index is 8.79. The summed E-state index contributed by atoms with van der Waals surface area (Å²) in [4.78, 5) is 0. The molecule has 0 aliphatic heterocycles. The predicted octanol–water partition coefficient (Wildman–Crippen LogP) is 2.39. The lowest BCUT2D eigenvalue weighted by Gasteiger charge is -2.13. The number of hydrogen-bond donors (Lipinski definition) is 2. The molecule has 1 atom stereocenters. The smallest absolute Gasteiger partial charge is 0.187 e. The number of hydrogen-bond acceptors (Lipinski definition) is 4. The third-order valence-corrected chi connectivity index (χ3v) is 3.66. The Morgan fingerprint density at radius 1 is 1.50 bits per heavy atom. The molecule has 2 N–H and O–H groups in total. The SMILES string of the molecule is COC[C@@H](C)NC(=S)N/N=C\c1cn(CCC#N)c2ccccc12. The predicted molar refractivity (Wildman–Crippen MR) is 100.0 cm³/mol. The van der Waals surface area contributed by atoms with Crippen LogP contribution >= 0.6 is 12.2 Å². The number of aryl methyl sites for hydroxylation is 1. The number of ether oxygens (including phenoxy) is 1. The first-order valence-corrected chi connectivity index (χ1v) is 8.10. The van der Waals surface area contributed by atoms with Crippen LogP contribution in [0.25, 0.3) is 10.9 Å². The summed E-state index contributed by atoms with van der Waals surface area (Å²) < 4.78 is 7.11. The fourth-order valence-electron chi connectivity index (χ4n) is 2.44. The van der Waals surface area contributed by atoms with Crippen LogP contribution in [0.5, 0.6) is 0 Å². The molecule has 0 aliphatic rings. The number of nitrogens with zero attached hydrogens (tertiary/aromatic N) is 3. The van der Waals surface area contributed by atoms with Crippen LogP contribution in [0.2, 0.25) is 0 Å². The van der Waals surface area contributed by atoms with E-state index >= 15 is 0 Å². The molecule has 0 bridgehead atoms. The van der Waals surface area contributed by atoms with Crippen molar-refractivity contribution in [1.29, 1.82) is 5.26 Å². The molecule has 6 nitrogen and oxygen atoms in total. The number of rotatable bonds is 7. The molecule has 2 aromatic rings. The molecule has 1 aromatic carbocycles. The van der Waals surface area contributed by atoms with E-state index in [1.165, 1.54) is 0 Å². The average Bonchev–Trinajstić information content (AvgIpc) is 2.91. The van der Waals surface area contributed by atoms with Crippen molar-refractivity contribution < 1.29 is 4.74 Å². The minimum absolute atomic E-state index is 0.109. The van der Waals surface area contributed by atoms with Gasteiger partial charge in [-0.05, 0) is 25.2 Å². The zero-order chi connectivity index (χ0) is 17.4. The highest BCUT2D eigenvalue weighted by atomic mass is 32.1. The lowest BCUT2D eigenvalue weighted by molar-refractivity contribution is 0.179. The summed E-state index contributed by atoms with van der Waals surface area (Å²) in [5, 5.41) is 17.6. The van der Waals surface area contributed by atoms with Crippen molar-refractivity contribution in [3.63, 3.8) is 0 Å². The van der Waals surface area contributed by atoms with Crippen molar-refractivity contribution in [3.8, 4) is 6.07 Å². The zero-order valence-electron chi connectivity index (χ0n) is 13.8. The van der Waals surface area contributed by atoms with Gasteiger partial charge in [0, 0.05) is 42.4 Å². The number of fused-ring (bicyclic) bond motifs is 1. The Hall–Kier alpha value is -2.43. The summed E-state index contributed by atoms with van der Waals surface area (Å²) in [6.45, 7) is 3.20. The molecular weight excluding hydrogens is 322 g/mol. The molecule has 1 aromatic heterocycles. The Balaban J connectivity index is 2.06. The van der Waals surface area contributed by atoms with E-state index in [9.17, 15) is 0 Å². The van der Waals surface area contributed by atoms with E-state index < -0.39 is 0 Å². The monoisotopic (exact) mass is 343 g/mol. The van der Waals surface area contributed by atoms with Gasteiger partial charge in [0.15, 0.2) is 5.11 Å². The number of methoxy groups -OCH3 is 1. The summed E-state index contributed by atoms with van der Waals surface area (Å²) in [7, 11) is 1.65. The quantitative estimate of drug-likeness (QED) is 0.459. The van der Waals surface area contributed by atoms with Crippen LogP contribution in [-0.4, -0.2) is 35.7 Å². The molecule has 24 heavy (non-hydrogen) atoms. The first kappa shape index (κ1) is 17.9. The van der Waals surface area contributed by atoms with Gasteiger partial charge in [-0.2, -0.15) is 10.4 Å². The maximum Gasteiger partial charge on any atom is 0.187 e. The minimum Gasteiger partial charge on any atom is -0.383 e. The van der Waals surface area contributed by atoms with Gasteiger partial charge in [-0.25, -0.2) is 0 Å². The Labute approximate surface area is 147 Å². The van der Waals surface area contributed by atoms with Crippen LogP contribution in [-0.2, 0) is 11.3 Å². The lowest BCUT2D eigenvalue weighted by atomic mass is 10.2. The average molecular weight is 343 g/mol. The molecule has 0 saturated carbocycles. The van der Waals surface area contributed by atoms with E-state index in [-0.39, 0.29) is 6.04 Å². The molecule has 0 unspecified atom stereocenters. The van der Waals surface area contributed by atoms with Crippen molar-refractivity contribution >= 4 is 34.4 Å². The zero-order valence-corrected chi connectivity index (χ0v) is 14.6. The molecule has 0 spiro atoms. The highest BCUT2D eigenvalue weighted by molar-refractivity contribution is 7.80. The number of benzene rings is 1. The van der Waals surface area contributed by atoms with Crippen molar-refractivity contribution in [1.82, 2.24) is 15.3 Å².